The number of halogens is 1. The van der Waals surface area contributed by atoms with E-state index in [9.17, 15) is 4.79 Å². The van der Waals surface area contributed by atoms with Gasteiger partial charge in [-0.25, -0.2) is 4.98 Å². The highest BCUT2D eigenvalue weighted by Crippen LogP contribution is 2.32. The van der Waals surface area contributed by atoms with E-state index in [4.69, 9.17) is 16.6 Å². The van der Waals surface area contributed by atoms with Crippen LogP contribution in [0.4, 0.5) is 0 Å². The van der Waals surface area contributed by atoms with Crippen molar-refractivity contribution in [3.63, 3.8) is 0 Å². The van der Waals surface area contributed by atoms with Crippen molar-refractivity contribution in [1.82, 2.24) is 15.2 Å². The van der Waals surface area contributed by atoms with Crippen molar-refractivity contribution >= 4 is 28.4 Å². The van der Waals surface area contributed by atoms with Gasteiger partial charge in [0.15, 0.2) is 0 Å². The van der Waals surface area contributed by atoms with Gasteiger partial charge in [-0.1, -0.05) is 23.7 Å². The monoisotopic (exact) mass is 405 g/mol. The predicted molar refractivity (Wildman–Crippen MR) is 117 cm³/mol. The maximum Gasteiger partial charge on any atom is 0.221 e. The first-order chi connectivity index (χ1) is 14.2. The van der Waals surface area contributed by atoms with Crippen molar-refractivity contribution < 1.29 is 4.79 Å². The third kappa shape index (κ3) is 3.87. The summed E-state index contributed by atoms with van der Waals surface area (Å²) in [6.07, 6.45) is 4.10. The first kappa shape index (κ1) is 18.6. The smallest absolute Gasteiger partial charge is 0.221 e. The van der Waals surface area contributed by atoms with Crippen LogP contribution >= 0.6 is 11.6 Å². The maximum atomic E-state index is 11.7. The molecule has 0 spiro atoms. The largest absolute Gasteiger partial charge is 0.355 e. The minimum Gasteiger partial charge on any atom is -0.355 e. The Morgan fingerprint density at radius 1 is 1.00 bits per heavy atom. The molecule has 0 bridgehead atoms. The molecule has 3 aromatic rings. The normalized spacial score (nSPS) is 17.2. The van der Waals surface area contributed by atoms with Gasteiger partial charge in [0.25, 0.3) is 0 Å². The summed E-state index contributed by atoms with van der Waals surface area (Å²) >= 11 is 6.12. The summed E-state index contributed by atoms with van der Waals surface area (Å²) in [4.78, 5) is 19.2. The Labute approximate surface area is 175 Å². The van der Waals surface area contributed by atoms with Gasteiger partial charge < -0.3 is 5.32 Å². The summed E-state index contributed by atoms with van der Waals surface area (Å²) < 4.78 is 0. The molecule has 5 heteroatoms. The van der Waals surface area contributed by atoms with Crippen molar-refractivity contribution in [2.24, 2.45) is 0 Å². The Balaban J connectivity index is 1.59. The number of nitrogens with one attached hydrogen (secondary N) is 1. The lowest BCUT2D eigenvalue weighted by molar-refractivity contribution is -0.120. The Kier molecular flexibility index (Phi) is 4.98. The zero-order valence-electron chi connectivity index (χ0n) is 16.4. The maximum absolute atomic E-state index is 11.7. The molecule has 0 atom stereocenters. The number of rotatable bonds is 3. The zero-order valence-corrected chi connectivity index (χ0v) is 17.1. The summed E-state index contributed by atoms with van der Waals surface area (Å²) in [5, 5.41) is 4.90. The number of pyridine rings is 1. The van der Waals surface area contributed by atoms with Crippen LogP contribution in [0.25, 0.3) is 22.2 Å². The molecule has 0 saturated carbocycles. The van der Waals surface area contributed by atoms with Crippen LogP contribution in [0, 0.1) is 0 Å². The van der Waals surface area contributed by atoms with Gasteiger partial charge in [-0.05, 0) is 66.3 Å². The molecular formula is C24H24ClN3O. The Bertz CT molecular complexity index is 1080. The molecule has 29 heavy (non-hydrogen) atoms. The van der Waals surface area contributed by atoms with E-state index >= 15 is 0 Å². The van der Waals surface area contributed by atoms with E-state index in [2.05, 4.69) is 28.4 Å². The molecule has 1 aliphatic heterocycles. The molecule has 148 valence electrons. The van der Waals surface area contributed by atoms with E-state index in [1.807, 2.05) is 24.3 Å². The lowest BCUT2D eigenvalue weighted by Crippen LogP contribution is -2.28. The van der Waals surface area contributed by atoms with Crippen molar-refractivity contribution in [3.8, 4) is 11.3 Å². The number of hydrogen-bond donors (Lipinski definition) is 1. The molecule has 1 amide bonds. The van der Waals surface area contributed by atoms with Crippen LogP contribution in [0.1, 0.15) is 29.5 Å². The van der Waals surface area contributed by atoms with Crippen molar-refractivity contribution in [2.75, 3.05) is 19.6 Å². The van der Waals surface area contributed by atoms with Gasteiger partial charge >= 0.3 is 0 Å². The highest BCUT2D eigenvalue weighted by Gasteiger charge is 2.18. The molecule has 5 rings (SSSR count). The van der Waals surface area contributed by atoms with Crippen molar-refractivity contribution in [1.29, 1.82) is 0 Å². The van der Waals surface area contributed by atoms with Crippen molar-refractivity contribution in [3.05, 3.63) is 64.2 Å². The zero-order chi connectivity index (χ0) is 19.8. The average Bonchev–Trinajstić information content (AvgIpc) is 3.07. The lowest BCUT2D eigenvalue weighted by Gasteiger charge is -2.21. The molecule has 1 aromatic heterocycles. The number of hydrogen-bond acceptors (Lipinski definition) is 3. The minimum atomic E-state index is 0.137. The highest BCUT2D eigenvalue weighted by molar-refractivity contribution is 6.30. The topological polar surface area (TPSA) is 45.2 Å². The van der Waals surface area contributed by atoms with Crippen LogP contribution < -0.4 is 5.32 Å². The van der Waals surface area contributed by atoms with E-state index in [0.29, 0.717) is 13.0 Å². The van der Waals surface area contributed by atoms with Crippen LogP contribution in [0.2, 0.25) is 5.02 Å². The van der Waals surface area contributed by atoms with Crippen LogP contribution in [-0.2, 0) is 24.2 Å². The minimum absolute atomic E-state index is 0.137. The standard InChI is InChI=1S/C24H24ClN3O/c25-21-6-4-16(5-7-21)24-20(15-28-10-8-23(29)26-9-11-28)13-19-12-17-2-1-3-18(17)14-22(19)27-24/h4-7,12-14H,1-3,8-11,15H2,(H,26,29). The summed E-state index contributed by atoms with van der Waals surface area (Å²) in [6, 6.07) is 14.8. The molecular weight excluding hydrogens is 382 g/mol. The number of fused-ring (bicyclic) bond motifs is 2. The van der Waals surface area contributed by atoms with E-state index in [1.54, 1.807) is 0 Å². The van der Waals surface area contributed by atoms with E-state index < -0.39 is 0 Å². The predicted octanol–water partition coefficient (Wildman–Crippen LogP) is 4.37. The second-order valence-corrected chi connectivity index (χ2v) is 8.48. The molecule has 0 unspecified atom stereocenters. The summed E-state index contributed by atoms with van der Waals surface area (Å²) in [6.45, 7) is 3.11. The summed E-state index contributed by atoms with van der Waals surface area (Å²) in [5.41, 5.74) is 7.26. The molecule has 1 N–H and O–H groups in total. The fraction of sp³-hybridized carbons (Fsp3) is 0.333. The van der Waals surface area contributed by atoms with Gasteiger partial charge in [0.1, 0.15) is 0 Å². The summed E-state index contributed by atoms with van der Waals surface area (Å²) in [7, 11) is 0. The van der Waals surface area contributed by atoms with Gasteiger partial charge in [-0.3, -0.25) is 9.69 Å². The van der Waals surface area contributed by atoms with E-state index in [0.717, 1.165) is 47.9 Å². The van der Waals surface area contributed by atoms with E-state index in [-0.39, 0.29) is 5.91 Å². The first-order valence-electron chi connectivity index (χ1n) is 10.4. The second kappa shape index (κ2) is 7.77. The molecule has 4 nitrogen and oxygen atoms in total. The second-order valence-electron chi connectivity index (χ2n) is 8.05. The van der Waals surface area contributed by atoms with Gasteiger partial charge in [0.05, 0.1) is 11.2 Å². The van der Waals surface area contributed by atoms with Crippen LogP contribution in [0.3, 0.4) is 0 Å². The molecule has 1 aliphatic carbocycles. The fourth-order valence-corrected chi connectivity index (χ4v) is 4.61. The Morgan fingerprint density at radius 3 is 2.62 bits per heavy atom. The van der Waals surface area contributed by atoms with Gasteiger partial charge in [-0.15, -0.1) is 0 Å². The number of benzene rings is 2. The van der Waals surface area contributed by atoms with Crippen molar-refractivity contribution in [2.45, 2.75) is 32.2 Å². The molecule has 2 aromatic carbocycles. The molecule has 1 fully saturated rings. The third-order valence-corrected chi connectivity index (χ3v) is 6.28. The van der Waals surface area contributed by atoms with E-state index in [1.165, 1.54) is 34.9 Å². The number of carbonyl (C=O) groups is 1. The first-order valence-corrected chi connectivity index (χ1v) is 10.7. The van der Waals surface area contributed by atoms with Gasteiger partial charge in [-0.2, -0.15) is 0 Å². The molecule has 2 heterocycles. The Hall–Kier alpha value is -2.43. The molecule has 2 aliphatic rings. The van der Waals surface area contributed by atoms with Crippen LogP contribution in [0.15, 0.2) is 42.5 Å². The highest BCUT2D eigenvalue weighted by atomic mass is 35.5. The van der Waals surface area contributed by atoms with Gasteiger partial charge in [0, 0.05) is 48.6 Å². The SMILES string of the molecule is O=C1CCN(Cc2cc3cc4c(cc3nc2-c2ccc(Cl)cc2)CCC4)CCN1. The van der Waals surface area contributed by atoms with Gasteiger partial charge in [0.2, 0.25) is 5.91 Å². The number of nitrogens with zero attached hydrogens (tertiary/aromatic N) is 2. The average molecular weight is 406 g/mol. The number of aryl methyl sites for hydroxylation is 2. The summed E-state index contributed by atoms with van der Waals surface area (Å²) in [5.74, 6) is 0.137. The third-order valence-electron chi connectivity index (χ3n) is 6.02. The van der Waals surface area contributed by atoms with Crippen LogP contribution in [0.5, 0.6) is 0 Å². The number of aromatic nitrogens is 1. The number of amides is 1. The fourth-order valence-electron chi connectivity index (χ4n) is 4.48. The van der Waals surface area contributed by atoms with Crippen LogP contribution in [-0.4, -0.2) is 35.4 Å². The lowest BCUT2D eigenvalue weighted by atomic mass is 10.00. The number of carbonyl (C=O) groups excluding carboxylic acids is 1. The Morgan fingerprint density at radius 2 is 1.79 bits per heavy atom. The molecule has 1 saturated heterocycles. The quantitative estimate of drug-likeness (QED) is 0.703. The molecule has 0 radical (unpaired) electrons.